The second-order valence-corrected chi connectivity index (χ2v) is 7.66. The van der Waals surface area contributed by atoms with Gasteiger partial charge in [-0.3, -0.25) is 5.10 Å². The molecule has 1 aromatic heterocycles. The highest BCUT2D eigenvalue weighted by Gasteiger charge is 2.17. The van der Waals surface area contributed by atoms with Crippen molar-refractivity contribution in [2.24, 2.45) is 0 Å². The number of hydrogen-bond acceptors (Lipinski definition) is 7. The van der Waals surface area contributed by atoms with E-state index in [1.165, 1.54) is 32.4 Å². The van der Waals surface area contributed by atoms with E-state index in [4.69, 9.17) is 32.7 Å². The van der Waals surface area contributed by atoms with E-state index in [0.29, 0.717) is 22.9 Å². The minimum atomic E-state index is -1.23. The molecular weight excluding hydrogens is 453 g/mol. The summed E-state index contributed by atoms with van der Waals surface area (Å²) in [6.45, 7) is 0. The standard InChI is InChI=1S/C19H15Cl2N3O5S/c1-28-12-4-10(5-13(8-12)29-2)17-22-19(24-23-17)30-15(18(26)27)6-9-3-11(20)7-14(21)16(9)25/h3-8,25H,1-2H3,(H,26,27)(H,22,23,24)/b15-6-. The zero-order valence-electron chi connectivity index (χ0n) is 15.6. The molecule has 3 rings (SSSR count). The van der Waals surface area contributed by atoms with Crippen molar-refractivity contribution in [3.63, 3.8) is 0 Å². The second kappa shape index (κ2) is 9.29. The molecule has 3 N–H and O–H groups in total. The van der Waals surface area contributed by atoms with Crippen LogP contribution in [0.25, 0.3) is 17.5 Å². The van der Waals surface area contributed by atoms with Crippen molar-refractivity contribution >= 4 is 47.0 Å². The van der Waals surface area contributed by atoms with E-state index in [9.17, 15) is 15.0 Å². The molecule has 0 unspecified atom stereocenters. The zero-order chi connectivity index (χ0) is 21.8. The second-order valence-electron chi connectivity index (χ2n) is 5.81. The summed E-state index contributed by atoms with van der Waals surface area (Å²) in [5.74, 6) is 0.0151. The maximum Gasteiger partial charge on any atom is 0.342 e. The van der Waals surface area contributed by atoms with Crippen molar-refractivity contribution in [3.8, 4) is 28.6 Å². The van der Waals surface area contributed by atoms with Crippen molar-refractivity contribution in [2.45, 2.75) is 5.16 Å². The van der Waals surface area contributed by atoms with Gasteiger partial charge in [0.2, 0.25) is 5.16 Å². The summed E-state index contributed by atoms with van der Waals surface area (Å²) in [5.41, 5.74) is 0.802. The quantitative estimate of drug-likeness (QED) is 0.337. The van der Waals surface area contributed by atoms with Gasteiger partial charge in [-0.1, -0.05) is 23.2 Å². The lowest BCUT2D eigenvalue weighted by molar-refractivity contribution is -0.131. The molecule has 0 bridgehead atoms. The van der Waals surface area contributed by atoms with E-state index in [0.717, 1.165) is 11.8 Å². The fourth-order valence-electron chi connectivity index (χ4n) is 2.44. The Morgan fingerprint density at radius 3 is 2.40 bits per heavy atom. The van der Waals surface area contributed by atoms with E-state index in [1.807, 2.05) is 0 Å². The first-order valence-electron chi connectivity index (χ1n) is 8.27. The number of rotatable bonds is 7. The number of carboxylic acids is 1. The third-order valence-electron chi connectivity index (χ3n) is 3.85. The molecule has 2 aromatic carbocycles. The molecule has 11 heteroatoms. The summed E-state index contributed by atoms with van der Waals surface area (Å²) in [5, 5.41) is 26.9. The summed E-state index contributed by atoms with van der Waals surface area (Å²) < 4.78 is 10.5. The lowest BCUT2D eigenvalue weighted by Gasteiger charge is -2.06. The third-order valence-corrected chi connectivity index (χ3v) is 5.23. The van der Waals surface area contributed by atoms with Gasteiger partial charge in [0.15, 0.2) is 5.82 Å². The zero-order valence-corrected chi connectivity index (χ0v) is 18.0. The van der Waals surface area contributed by atoms with Gasteiger partial charge in [-0.25, -0.2) is 9.78 Å². The smallest absolute Gasteiger partial charge is 0.342 e. The van der Waals surface area contributed by atoms with Crippen molar-refractivity contribution in [3.05, 3.63) is 50.8 Å². The monoisotopic (exact) mass is 467 g/mol. The number of thioether (sulfide) groups is 1. The normalized spacial score (nSPS) is 11.4. The first kappa shape index (κ1) is 21.8. The van der Waals surface area contributed by atoms with Gasteiger partial charge in [0.1, 0.15) is 22.2 Å². The highest BCUT2D eigenvalue weighted by Crippen LogP contribution is 2.35. The fraction of sp³-hybridized carbons (Fsp3) is 0.105. The number of carbonyl (C=O) groups is 1. The van der Waals surface area contributed by atoms with Gasteiger partial charge in [0.25, 0.3) is 0 Å². The van der Waals surface area contributed by atoms with Gasteiger partial charge < -0.3 is 19.7 Å². The number of aromatic amines is 1. The summed E-state index contributed by atoms with van der Waals surface area (Å²) in [6, 6.07) is 7.93. The van der Waals surface area contributed by atoms with Crippen molar-refractivity contribution in [2.75, 3.05) is 14.2 Å². The van der Waals surface area contributed by atoms with Crippen LogP contribution in [-0.4, -0.2) is 45.6 Å². The Morgan fingerprint density at radius 2 is 1.80 bits per heavy atom. The van der Waals surface area contributed by atoms with Crippen LogP contribution in [0.1, 0.15) is 5.56 Å². The SMILES string of the molecule is COc1cc(OC)cc(-c2nc(S/C(=C\c3cc(Cl)cc(Cl)c3O)C(=O)O)n[nH]2)c1. The summed E-state index contributed by atoms with van der Waals surface area (Å²) >= 11 is 12.6. The minimum Gasteiger partial charge on any atom is -0.506 e. The Hall–Kier alpha value is -2.88. The summed E-state index contributed by atoms with van der Waals surface area (Å²) in [6.07, 6.45) is 1.24. The fourth-order valence-corrected chi connectivity index (χ4v) is 3.64. The molecule has 0 saturated heterocycles. The molecule has 0 aliphatic rings. The average molecular weight is 468 g/mol. The van der Waals surface area contributed by atoms with Crippen LogP contribution >= 0.6 is 35.0 Å². The van der Waals surface area contributed by atoms with Gasteiger partial charge in [-0.15, -0.1) is 5.10 Å². The van der Waals surface area contributed by atoms with Gasteiger partial charge in [0.05, 0.1) is 19.2 Å². The predicted octanol–water partition coefficient (Wildman–Crippen LogP) is 4.72. The molecule has 3 aromatic rings. The molecule has 0 spiro atoms. The number of H-pyrrole nitrogens is 1. The third kappa shape index (κ3) is 4.99. The highest BCUT2D eigenvalue weighted by molar-refractivity contribution is 8.04. The Kier molecular flexibility index (Phi) is 6.76. The molecular formula is C19H15Cl2N3O5S. The lowest BCUT2D eigenvalue weighted by Crippen LogP contribution is -1.97. The summed E-state index contributed by atoms with van der Waals surface area (Å²) in [7, 11) is 3.06. The molecule has 30 heavy (non-hydrogen) atoms. The molecule has 0 atom stereocenters. The number of hydrogen-bond donors (Lipinski definition) is 3. The van der Waals surface area contributed by atoms with E-state index in [2.05, 4.69) is 15.2 Å². The average Bonchev–Trinajstić information content (AvgIpc) is 3.19. The van der Waals surface area contributed by atoms with Crippen LogP contribution in [0.15, 0.2) is 40.4 Å². The number of benzene rings is 2. The summed E-state index contributed by atoms with van der Waals surface area (Å²) in [4.78, 5) is 15.9. The van der Waals surface area contributed by atoms with Crippen LogP contribution in [0.3, 0.4) is 0 Å². The lowest BCUT2D eigenvalue weighted by atomic mass is 10.2. The molecule has 0 fully saturated rings. The number of aromatic nitrogens is 3. The highest BCUT2D eigenvalue weighted by atomic mass is 35.5. The van der Waals surface area contributed by atoms with Gasteiger partial charge >= 0.3 is 5.97 Å². The van der Waals surface area contributed by atoms with Gasteiger partial charge in [-0.2, -0.15) is 0 Å². The molecule has 0 radical (unpaired) electrons. The van der Waals surface area contributed by atoms with E-state index in [1.54, 1.807) is 18.2 Å². The van der Waals surface area contributed by atoms with Crippen LogP contribution < -0.4 is 9.47 Å². The van der Waals surface area contributed by atoms with Crippen LogP contribution in [0.4, 0.5) is 0 Å². The van der Waals surface area contributed by atoms with Crippen molar-refractivity contribution in [1.29, 1.82) is 0 Å². The molecule has 156 valence electrons. The first-order chi connectivity index (χ1) is 14.3. The number of nitrogens with zero attached hydrogens (tertiary/aromatic N) is 2. The molecule has 0 saturated carbocycles. The Balaban J connectivity index is 1.92. The number of aromatic hydroxyl groups is 1. The molecule has 0 aliphatic heterocycles. The van der Waals surface area contributed by atoms with E-state index in [-0.39, 0.29) is 31.4 Å². The van der Waals surface area contributed by atoms with E-state index < -0.39 is 5.97 Å². The Morgan fingerprint density at radius 1 is 1.13 bits per heavy atom. The van der Waals surface area contributed by atoms with Crippen LogP contribution in [0.5, 0.6) is 17.2 Å². The number of phenols is 1. The number of methoxy groups -OCH3 is 2. The Labute approximate surface area is 185 Å². The number of phenolic OH excluding ortho intramolecular Hbond substituents is 1. The van der Waals surface area contributed by atoms with Gasteiger partial charge in [0, 0.05) is 22.2 Å². The maximum atomic E-state index is 11.7. The van der Waals surface area contributed by atoms with Crippen molar-refractivity contribution < 1.29 is 24.5 Å². The number of carboxylic acid groups (broad SMARTS) is 1. The van der Waals surface area contributed by atoms with Crippen LogP contribution in [0.2, 0.25) is 10.0 Å². The molecule has 0 aliphatic carbocycles. The first-order valence-corrected chi connectivity index (χ1v) is 9.84. The number of ether oxygens (including phenoxy) is 2. The predicted molar refractivity (Wildman–Crippen MR) is 115 cm³/mol. The molecule has 1 heterocycles. The van der Waals surface area contributed by atoms with Crippen LogP contribution in [0, 0.1) is 0 Å². The largest absolute Gasteiger partial charge is 0.506 e. The minimum absolute atomic E-state index is 0.00985. The maximum absolute atomic E-state index is 11.7. The van der Waals surface area contributed by atoms with Gasteiger partial charge in [-0.05, 0) is 42.1 Å². The molecule has 8 nitrogen and oxygen atoms in total. The number of nitrogens with one attached hydrogen (secondary N) is 1. The van der Waals surface area contributed by atoms with Crippen molar-refractivity contribution in [1.82, 2.24) is 15.2 Å². The van der Waals surface area contributed by atoms with E-state index >= 15 is 0 Å². The van der Waals surface area contributed by atoms with Crippen LogP contribution in [-0.2, 0) is 4.79 Å². The number of halogens is 2. The Bertz CT molecular complexity index is 1110. The number of aliphatic carboxylic acids is 1. The molecule has 0 amide bonds. The topological polar surface area (TPSA) is 118 Å².